The molecule has 0 aliphatic heterocycles. The third-order valence-electron chi connectivity index (χ3n) is 2.42. The largest absolute Gasteiger partial charge is 0.330 e. The molecule has 0 radical (unpaired) electrons. The van der Waals surface area contributed by atoms with Crippen LogP contribution in [0.15, 0.2) is 35.2 Å². The zero-order chi connectivity index (χ0) is 12.2. The summed E-state index contributed by atoms with van der Waals surface area (Å²) in [5.41, 5.74) is 5.48. The highest BCUT2D eigenvalue weighted by Crippen LogP contribution is 2.14. The SMILES string of the molecule is CC(CN)CN(C)S(=O)(=O)c1ccccc1. The van der Waals surface area contributed by atoms with Crippen LogP contribution >= 0.6 is 0 Å². The van der Waals surface area contributed by atoms with Gasteiger partial charge >= 0.3 is 0 Å². The van der Waals surface area contributed by atoms with Crippen molar-refractivity contribution in [2.24, 2.45) is 11.7 Å². The van der Waals surface area contributed by atoms with E-state index in [2.05, 4.69) is 0 Å². The van der Waals surface area contributed by atoms with Gasteiger partial charge in [0, 0.05) is 13.6 Å². The third kappa shape index (κ3) is 3.04. The van der Waals surface area contributed by atoms with Crippen LogP contribution in [0.5, 0.6) is 0 Å². The summed E-state index contributed by atoms with van der Waals surface area (Å²) < 4.78 is 25.5. The molecule has 0 saturated heterocycles. The van der Waals surface area contributed by atoms with Gasteiger partial charge in [-0.05, 0) is 24.6 Å². The normalized spacial score (nSPS) is 14.0. The zero-order valence-corrected chi connectivity index (χ0v) is 10.4. The fourth-order valence-corrected chi connectivity index (χ4v) is 2.70. The number of sulfonamides is 1. The fraction of sp³-hybridized carbons (Fsp3) is 0.455. The Morgan fingerprint density at radius 2 is 1.88 bits per heavy atom. The van der Waals surface area contributed by atoms with Gasteiger partial charge in [-0.25, -0.2) is 12.7 Å². The van der Waals surface area contributed by atoms with Gasteiger partial charge in [0.2, 0.25) is 10.0 Å². The Morgan fingerprint density at radius 3 is 2.38 bits per heavy atom. The van der Waals surface area contributed by atoms with Crippen molar-refractivity contribution in [1.82, 2.24) is 4.31 Å². The van der Waals surface area contributed by atoms with Gasteiger partial charge in [-0.15, -0.1) is 0 Å². The van der Waals surface area contributed by atoms with E-state index in [0.717, 1.165) is 0 Å². The molecule has 1 unspecified atom stereocenters. The molecule has 90 valence electrons. The molecule has 0 saturated carbocycles. The van der Waals surface area contributed by atoms with E-state index < -0.39 is 10.0 Å². The molecule has 5 heteroatoms. The van der Waals surface area contributed by atoms with Crippen LogP contribution in [0.3, 0.4) is 0 Å². The minimum atomic E-state index is -3.37. The van der Waals surface area contributed by atoms with E-state index in [1.807, 2.05) is 6.92 Å². The highest BCUT2D eigenvalue weighted by Gasteiger charge is 2.21. The van der Waals surface area contributed by atoms with E-state index in [1.165, 1.54) is 4.31 Å². The Bertz CT molecular complexity index is 417. The summed E-state index contributed by atoms with van der Waals surface area (Å²) in [6.07, 6.45) is 0. The monoisotopic (exact) mass is 242 g/mol. The molecule has 1 rings (SSSR count). The van der Waals surface area contributed by atoms with Crippen LogP contribution in [0.4, 0.5) is 0 Å². The molecule has 0 aliphatic rings. The smallest absolute Gasteiger partial charge is 0.242 e. The van der Waals surface area contributed by atoms with Crippen LogP contribution < -0.4 is 5.73 Å². The van der Waals surface area contributed by atoms with E-state index in [0.29, 0.717) is 18.0 Å². The van der Waals surface area contributed by atoms with Crippen molar-refractivity contribution in [3.05, 3.63) is 30.3 Å². The van der Waals surface area contributed by atoms with Gasteiger partial charge in [-0.1, -0.05) is 25.1 Å². The highest BCUT2D eigenvalue weighted by atomic mass is 32.2. The zero-order valence-electron chi connectivity index (χ0n) is 9.63. The van der Waals surface area contributed by atoms with Crippen molar-refractivity contribution >= 4 is 10.0 Å². The Kier molecular flexibility index (Phi) is 4.46. The summed E-state index contributed by atoms with van der Waals surface area (Å²) in [7, 11) is -1.79. The molecule has 1 aromatic carbocycles. The Morgan fingerprint density at radius 1 is 1.31 bits per heavy atom. The maximum absolute atomic E-state index is 12.1. The van der Waals surface area contributed by atoms with Crippen LogP contribution in [0, 0.1) is 5.92 Å². The van der Waals surface area contributed by atoms with Crippen molar-refractivity contribution < 1.29 is 8.42 Å². The summed E-state index contributed by atoms with van der Waals surface area (Å²) in [5, 5.41) is 0. The molecular weight excluding hydrogens is 224 g/mol. The summed E-state index contributed by atoms with van der Waals surface area (Å²) in [4.78, 5) is 0.321. The van der Waals surface area contributed by atoms with Crippen LogP contribution in [0.25, 0.3) is 0 Å². The minimum Gasteiger partial charge on any atom is -0.330 e. The molecular formula is C11H18N2O2S. The van der Waals surface area contributed by atoms with E-state index in [-0.39, 0.29) is 5.92 Å². The standard InChI is InChI=1S/C11H18N2O2S/c1-10(8-12)9-13(2)16(14,15)11-6-4-3-5-7-11/h3-7,10H,8-9,12H2,1-2H3. The molecule has 1 aromatic rings. The number of nitrogens with two attached hydrogens (primary N) is 1. The third-order valence-corrected chi connectivity index (χ3v) is 4.26. The van der Waals surface area contributed by atoms with E-state index >= 15 is 0 Å². The topological polar surface area (TPSA) is 63.4 Å². The minimum absolute atomic E-state index is 0.156. The van der Waals surface area contributed by atoms with Gasteiger partial charge in [0.05, 0.1) is 4.90 Å². The first-order valence-corrected chi connectivity index (χ1v) is 6.64. The number of benzene rings is 1. The van der Waals surface area contributed by atoms with Gasteiger partial charge in [0.15, 0.2) is 0 Å². The molecule has 0 amide bonds. The van der Waals surface area contributed by atoms with Crippen LogP contribution in [0.1, 0.15) is 6.92 Å². The van der Waals surface area contributed by atoms with Gasteiger partial charge in [-0.3, -0.25) is 0 Å². The summed E-state index contributed by atoms with van der Waals surface area (Å²) in [6, 6.07) is 8.42. The second-order valence-electron chi connectivity index (χ2n) is 3.94. The van der Waals surface area contributed by atoms with Crippen LogP contribution in [0.2, 0.25) is 0 Å². The first kappa shape index (κ1) is 13.2. The number of nitrogens with zero attached hydrogens (tertiary/aromatic N) is 1. The maximum Gasteiger partial charge on any atom is 0.242 e. The quantitative estimate of drug-likeness (QED) is 0.834. The first-order chi connectivity index (χ1) is 7.48. The maximum atomic E-state index is 12.1. The lowest BCUT2D eigenvalue weighted by Gasteiger charge is -2.20. The lowest BCUT2D eigenvalue weighted by molar-refractivity contribution is 0.405. The van der Waals surface area contributed by atoms with Crippen LogP contribution in [-0.2, 0) is 10.0 Å². The van der Waals surface area contributed by atoms with Crippen molar-refractivity contribution in [2.45, 2.75) is 11.8 Å². The predicted molar refractivity (Wildman–Crippen MR) is 64.5 cm³/mol. The van der Waals surface area contributed by atoms with E-state index in [1.54, 1.807) is 37.4 Å². The predicted octanol–water partition coefficient (Wildman–Crippen LogP) is 0.902. The molecule has 0 aliphatic carbocycles. The fourth-order valence-electron chi connectivity index (χ4n) is 1.38. The molecule has 4 nitrogen and oxygen atoms in total. The molecule has 0 spiro atoms. The summed E-state index contributed by atoms with van der Waals surface area (Å²) >= 11 is 0. The van der Waals surface area contributed by atoms with Crippen molar-refractivity contribution in [3.8, 4) is 0 Å². The number of rotatable bonds is 5. The van der Waals surface area contributed by atoms with Gasteiger partial charge in [0.25, 0.3) is 0 Å². The molecule has 0 heterocycles. The second-order valence-corrected chi connectivity index (χ2v) is 5.98. The lowest BCUT2D eigenvalue weighted by atomic mass is 10.2. The van der Waals surface area contributed by atoms with Crippen LogP contribution in [-0.4, -0.2) is 32.9 Å². The molecule has 16 heavy (non-hydrogen) atoms. The molecule has 2 N–H and O–H groups in total. The number of hydrogen-bond acceptors (Lipinski definition) is 3. The summed E-state index contributed by atoms with van der Waals surface area (Å²) in [5.74, 6) is 0.156. The molecule has 0 fully saturated rings. The van der Waals surface area contributed by atoms with E-state index in [4.69, 9.17) is 5.73 Å². The number of hydrogen-bond donors (Lipinski definition) is 1. The average Bonchev–Trinajstić information content (AvgIpc) is 2.29. The highest BCUT2D eigenvalue weighted by molar-refractivity contribution is 7.89. The second kappa shape index (κ2) is 5.43. The molecule has 0 aromatic heterocycles. The first-order valence-electron chi connectivity index (χ1n) is 5.20. The van der Waals surface area contributed by atoms with Gasteiger partial charge in [0.1, 0.15) is 0 Å². The Balaban J connectivity index is 2.87. The van der Waals surface area contributed by atoms with Gasteiger partial charge < -0.3 is 5.73 Å². The molecule has 0 bridgehead atoms. The van der Waals surface area contributed by atoms with Crippen molar-refractivity contribution in [1.29, 1.82) is 0 Å². The average molecular weight is 242 g/mol. The Hall–Kier alpha value is -0.910. The van der Waals surface area contributed by atoms with Crippen molar-refractivity contribution in [2.75, 3.05) is 20.1 Å². The van der Waals surface area contributed by atoms with Crippen molar-refractivity contribution in [3.63, 3.8) is 0 Å². The van der Waals surface area contributed by atoms with E-state index in [9.17, 15) is 8.42 Å². The van der Waals surface area contributed by atoms with Gasteiger partial charge in [-0.2, -0.15) is 0 Å². The summed E-state index contributed by atoms with van der Waals surface area (Å²) in [6.45, 7) is 2.85. The lowest BCUT2D eigenvalue weighted by Crippen LogP contribution is -2.33. The Labute approximate surface area is 97.1 Å². The molecule has 1 atom stereocenters.